The molecule has 0 saturated carbocycles. The summed E-state index contributed by atoms with van der Waals surface area (Å²) in [5, 5.41) is 0. The van der Waals surface area contributed by atoms with E-state index < -0.39 is 11.7 Å². The van der Waals surface area contributed by atoms with Crippen LogP contribution in [0, 0.1) is 0 Å². The first-order valence-corrected chi connectivity index (χ1v) is 1.53. The van der Waals surface area contributed by atoms with E-state index >= 15 is 0 Å². The Hall–Kier alpha value is -0.660. The zero-order valence-corrected chi connectivity index (χ0v) is 2.91. The highest BCUT2D eigenvalue weighted by Crippen LogP contribution is 2.17. The largest absolute Gasteiger partial charge is 0.207 e. The van der Waals surface area contributed by atoms with Gasteiger partial charge in [-0.3, -0.25) is 0 Å². The fourth-order valence-electron chi connectivity index (χ4n) is 0.251. The van der Waals surface area contributed by atoms with Gasteiger partial charge in [-0.05, 0) is 0 Å². The van der Waals surface area contributed by atoms with Crippen molar-refractivity contribution in [1.29, 1.82) is 0 Å². The van der Waals surface area contributed by atoms with E-state index in [9.17, 15) is 8.78 Å². The molecular weight excluding hydrogens is 86.0 g/mol. The van der Waals surface area contributed by atoms with Gasteiger partial charge in [0.1, 0.15) is 11.7 Å². The molecule has 0 radical (unpaired) electrons. The maximum atomic E-state index is 11.3. The van der Waals surface area contributed by atoms with Gasteiger partial charge in [0.2, 0.25) is 0 Å². The summed E-state index contributed by atoms with van der Waals surface area (Å²) in [6, 6.07) is 0. The lowest BCUT2D eigenvalue weighted by molar-refractivity contribution is 0.590. The summed E-state index contributed by atoms with van der Waals surface area (Å²) >= 11 is 0. The van der Waals surface area contributed by atoms with Crippen molar-refractivity contribution in [2.45, 2.75) is 0 Å². The van der Waals surface area contributed by atoms with Crippen molar-refractivity contribution in [3.63, 3.8) is 0 Å². The second-order valence-electron chi connectivity index (χ2n) is 1.06. The van der Waals surface area contributed by atoms with Crippen molar-refractivity contribution in [1.82, 2.24) is 0 Å². The Morgan fingerprint density at radius 2 is 1.33 bits per heavy atom. The highest BCUT2D eigenvalue weighted by molar-refractivity contribution is 5.34. The van der Waals surface area contributed by atoms with Crippen molar-refractivity contribution in [2.75, 3.05) is 0 Å². The molecule has 0 spiro atoms. The van der Waals surface area contributed by atoms with E-state index in [1.807, 2.05) is 0 Å². The molecule has 0 heterocycles. The van der Waals surface area contributed by atoms with E-state index in [4.69, 9.17) is 0 Å². The molecule has 0 aliphatic heterocycles. The number of rotatable bonds is 0. The number of hydrogen-bond donors (Lipinski definition) is 0. The lowest BCUT2D eigenvalue weighted by atomic mass is 10.2. The van der Waals surface area contributed by atoms with Crippen LogP contribution in [0.1, 0.15) is 0 Å². The summed E-state index contributed by atoms with van der Waals surface area (Å²) in [5.41, 5.74) is 0. The van der Waals surface area contributed by atoms with Gasteiger partial charge in [0.05, 0.1) is 0 Å². The number of halogens is 2. The third kappa shape index (κ3) is 0.339. The summed E-state index contributed by atoms with van der Waals surface area (Å²) in [7, 11) is 0. The van der Waals surface area contributed by atoms with Crippen LogP contribution in [-0.4, -0.2) is 0 Å². The van der Waals surface area contributed by atoms with Crippen LogP contribution in [0.3, 0.4) is 0 Å². The topological polar surface area (TPSA) is 0 Å². The van der Waals surface area contributed by atoms with Crippen LogP contribution in [0.4, 0.5) is 8.78 Å². The van der Waals surface area contributed by atoms with E-state index in [1.165, 1.54) is 0 Å². The number of allylic oxidation sites excluding steroid dienone is 4. The second-order valence-corrected chi connectivity index (χ2v) is 1.06. The maximum absolute atomic E-state index is 11.3. The van der Waals surface area contributed by atoms with Crippen LogP contribution in [0.5, 0.6) is 0 Å². The van der Waals surface area contributed by atoms with Crippen molar-refractivity contribution in [3.05, 3.63) is 23.8 Å². The van der Waals surface area contributed by atoms with Crippen LogP contribution in [0.25, 0.3) is 0 Å². The van der Waals surface area contributed by atoms with Gasteiger partial charge in [0, 0.05) is 12.2 Å². The van der Waals surface area contributed by atoms with Crippen LogP contribution in [-0.2, 0) is 0 Å². The van der Waals surface area contributed by atoms with Gasteiger partial charge in [-0.1, -0.05) is 0 Å². The summed E-state index contributed by atoms with van der Waals surface area (Å²) in [5.74, 6) is -0.958. The smallest absolute Gasteiger partial charge is 0.129 e. The molecular formula is C4H2F2. The van der Waals surface area contributed by atoms with Gasteiger partial charge in [0.15, 0.2) is 0 Å². The molecule has 0 unspecified atom stereocenters. The van der Waals surface area contributed by atoms with E-state index in [1.54, 1.807) is 0 Å². The van der Waals surface area contributed by atoms with Crippen molar-refractivity contribution in [2.24, 2.45) is 0 Å². The van der Waals surface area contributed by atoms with Crippen LogP contribution < -0.4 is 0 Å². The normalized spacial score (nSPS) is 18.3. The Morgan fingerprint density at radius 3 is 1.33 bits per heavy atom. The Balaban J connectivity index is 2.57. The van der Waals surface area contributed by atoms with Crippen molar-refractivity contribution in [3.8, 4) is 0 Å². The first kappa shape index (κ1) is 3.53. The maximum Gasteiger partial charge on any atom is 0.129 e. The zero-order valence-electron chi connectivity index (χ0n) is 2.91. The van der Waals surface area contributed by atoms with Gasteiger partial charge in [0.25, 0.3) is 0 Å². The fourth-order valence-corrected chi connectivity index (χ4v) is 0.251. The predicted octanol–water partition coefficient (Wildman–Crippen LogP) is 1.71. The summed E-state index contributed by atoms with van der Waals surface area (Å²) in [6.07, 6.45) is 1.67. The van der Waals surface area contributed by atoms with Gasteiger partial charge in [-0.25, -0.2) is 8.78 Å². The fraction of sp³-hybridized carbons (Fsp3) is 0. The number of hydrogen-bond acceptors (Lipinski definition) is 0. The van der Waals surface area contributed by atoms with E-state index in [-0.39, 0.29) is 0 Å². The van der Waals surface area contributed by atoms with Gasteiger partial charge in [-0.15, -0.1) is 0 Å². The minimum Gasteiger partial charge on any atom is -0.207 e. The molecule has 1 aliphatic carbocycles. The Labute approximate surface area is 33.8 Å². The van der Waals surface area contributed by atoms with Crippen LogP contribution >= 0.6 is 0 Å². The molecule has 0 atom stereocenters. The molecule has 0 fully saturated rings. The summed E-state index contributed by atoms with van der Waals surface area (Å²) in [6.45, 7) is 0. The second kappa shape index (κ2) is 0.899. The highest BCUT2D eigenvalue weighted by Gasteiger charge is 2.03. The van der Waals surface area contributed by atoms with E-state index in [2.05, 4.69) is 0 Å². The first-order chi connectivity index (χ1) is 2.79. The Morgan fingerprint density at radius 1 is 1.00 bits per heavy atom. The summed E-state index contributed by atoms with van der Waals surface area (Å²) < 4.78 is 22.6. The Bertz CT molecular complexity index is 100. The molecule has 0 aromatic rings. The third-order valence-corrected chi connectivity index (χ3v) is 0.552. The lowest BCUT2D eigenvalue weighted by Gasteiger charge is -1.94. The molecule has 1 aliphatic rings. The van der Waals surface area contributed by atoms with Crippen LogP contribution in [0.2, 0.25) is 0 Å². The third-order valence-electron chi connectivity index (χ3n) is 0.552. The molecule has 0 amide bonds. The van der Waals surface area contributed by atoms with Gasteiger partial charge in [-0.2, -0.15) is 0 Å². The van der Waals surface area contributed by atoms with E-state index in [0.717, 1.165) is 12.2 Å². The van der Waals surface area contributed by atoms with Crippen LogP contribution in [0.15, 0.2) is 23.8 Å². The average molecular weight is 88.1 g/mol. The quantitative estimate of drug-likeness (QED) is 0.422. The molecule has 0 nitrogen and oxygen atoms in total. The monoisotopic (exact) mass is 88.0 g/mol. The minimum atomic E-state index is -0.479. The van der Waals surface area contributed by atoms with Gasteiger partial charge < -0.3 is 0 Å². The molecule has 0 saturated heterocycles. The molecule has 0 N–H and O–H groups in total. The Kier molecular flexibility index (Phi) is 0.528. The standard InChI is InChI=1S/C4H2F2/c5-3-1-4(6)2-3/h1-2H. The molecule has 0 aromatic carbocycles. The SMILES string of the molecule is FC1=CC(F)=C1. The molecule has 0 bridgehead atoms. The molecule has 6 heavy (non-hydrogen) atoms. The molecule has 2 heteroatoms. The molecule has 0 aromatic heterocycles. The predicted molar refractivity (Wildman–Crippen MR) is 18.4 cm³/mol. The van der Waals surface area contributed by atoms with Gasteiger partial charge >= 0.3 is 0 Å². The minimum absolute atomic E-state index is 0.479. The average Bonchev–Trinajstić information content (AvgIpc) is 1.33. The zero-order chi connectivity index (χ0) is 4.57. The molecule has 1 rings (SSSR count). The lowest BCUT2D eigenvalue weighted by Crippen LogP contribution is -1.79. The first-order valence-electron chi connectivity index (χ1n) is 1.53. The van der Waals surface area contributed by atoms with E-state index in [0.29, 0.717) is 0 Å². The highest BCUT2D eigenvalue weighted by atomic mass is 19.1. The summed E-state index contributed by atoms with van der Waals surface area (Å²) in [4.78, 5) is 0. The van der Waals surface area contributed by atoms with Crippen molar-refractivity contribution < 1.29 is 8.78 Å². The van der Waals surface area contributed by atoms with Crippen molar-refractivity contribution >= 4 is 0 Å². The molecule has 32 valence electrons.